The number of hydrogen-bond donors (Lipinski definition) is 2. The normalized spacial score (nSPS) is 19.3. The molecule has 2 atom stereocenters. The van der Waals surface area contributed by atoms with E-state index in [0.717, 1.165) is 34.8 Å². The summed E-state index contributed by atoms with van der Waals surface area (Å²) in [6, 6.07) is 23.8. The van der Waals surface area contributed by atoms with Gasteiger partial charge in [0.25, 0.3) is 5.91 Å². The van der Waals surface area contributed by atoms with Gasteiger partial charge in [-0.05, 0) is 66.5 Å². The van der Waals surface area contributed by atoms with Crippen molar-refractivity contribution in [1.82, 2.24) is 10.2 Å². The van der Waals surface area contributed by atoms with Crippen LogP contribution < -0.4 is 10.6 Å². The van der Waals surface area contributed by atoms with E-state index in [2.05, 4.69) is 21.6 Å². The highest BCUT2D eigenvalue weighted by molar-refractivity contribution is 6.09. The molecule has 2 N–H and O–H groups in total. The molecular formula is C34H31N3O4. The fraction of sp³-hybridized carbons (Fsp3) is 0.206. The summed E-state index contributed by atoms with van der Waals surface area (Å²) in [6.07, 6.45) is 7.93. The summed E-state index contributed by atoms with van der Waals surface area (Å²) in [5, 5.41) is 6.45. The van der Waals surface area contributed by atoms with Crippen molar-refractivity contribution in [2.24, 2.45) is 0 Å². The van der Waals surface area contributed by atoms with Gasteiger partial charge in [-0.25, -0.2) is 0 Å². The minimum Gasteiger partial charge on any atom is -0.462 e. The number of carbonyl (C=O) groups excluding carboxylic acids is 3. The first-order chi connectivity index (χ1) is 20.0. The molecule has 3 aromatic carbocycles. The van der Waals surface area contributed by atoms with Gasteiger partial charge in [0.05, 0.1) is 0 Å². The summed E-state index contributed by atoms with van der Waals surface area (Å²) in [5.74, 6) is -0.541. The van der Waals surface area contributed by atoms with Gasteiger partial charge in [-0.1, -0.05) is 54.6 Å². The second kappa shape index (κ2) is 11.3. The first kappa shape index (κ1) is 26.3. The molecule has 0 radical (unpaired) electrons. The molecule has 2 heterocycles. The third kappa shape index (κ3) is 5.57. The maximum atomic E-state index is 13.7. The number of hydrogen-bond acceptors (Lipinski definition) is 6. The SMILES string of the molecule is CC(=O)O[C@@H]1CCC2=C(C1)N1CC=CC1=CC(C(=O)c1ccc(NC(=O)c3ccccc3-c3ccccc3)cc1)N2. The molecule has 7 heteroatoms. The van der Waals surface area contributed by atoms with Crippen molar-refractivity contribution in [2.75, 3.05) is 11.9 Å². The van der Waals surface area contributed by atoms with E-state index in [1.54, 1.807) is 24.3 Å². The Labute approximate surface area is 239 Å². The lowest BCUT2D eigenvalue weighted by atomic mass is 9.96. The summed E-state index contributed by atoms with van der Waals surface area (Å²) in [5.41, 5.74) is 6.62. The van der Waals surface area contributed by atoms with Gasteiger partial charge in [-0.2, -0.15) is 0 Å². The van der Waals surface area contributed by atoms with Crippen molar-refractivity contribution in [1.29, 1.82) is 0 Å². The number of ether oxygens (including phenoxy) is 1. The van der Waals surface area contributed by atoms with E-state index < -0.39 is 6.04 Å². The molecule has 1 amide bonds. The standard InChI is InChI=1S/C34H31N3O4/c1-22(38)41-27-17-18-30-32(21-27)37-19-7-10-26(37)20-31(36-30)33(39)24-13-15-25(16-14-24)35-34(40)29-12-6-5-11-28(29)23-8-3-2-4-9-23/h2-16,20,27,31,36H,17-19,21H2,1H3,(H,35,40)/t27-,31?/m1/s1. The maximum Gasteiger partial charge on any atom is 0.302 e. The molecule has 2 aliphatic heterocycles. The average molecular weight is 546 g/mol. The molecule has 1 aliphatic carbocycles. The highest BCUT2D eigenvalue weighted by Crippen LogP contribution is 2.35. The minimum absolute atomic E-state index is 0.0547. The number of nitrogens with one attached hydrogen (secondary N) is 2. The Balaban J connectivity index is 1.18. The van der Waals surface area contributed by atoms with Crippen LogP contribution in [-0.4, -0.2) is 41.3 Å². The van der Waals surface area contributed by atoms with Gasteiger partial charge >= 0.3 is 5.97 Å². The molecule has 0 aromatic heterocycles. The van der Waals surface area contributed by atoms with E-state index in [1.165, 1.54) is 6.92 Å². The van der Waals surface area contributed by atoms with Gasteiger partial charge in [0.1, 0.15) is 12.1 Å². The number of ketones is 1. The van der Waals surface area contributed by atoms with Crippen LogP contribution in [0.3, 0.4) is 0 Å². The molecule has 1 unspecified atom stereocenters. The topological polar surface area (TPSA) is 87.7 Å². The van der Waals surface area contributed by atoms with Crippen LogP contribution in [0.2, 0.25) is 0 Å². The minimum atomic E-state index is -0.536. The quantitative estimate of drug-likeness (QED) is 0.299. The summed E-state index contributed by atoms with van der Waals surface area (Å²) in [7, 11) is 0. The van der Waals surface area contributed by atoms with Crippen LogP contribution in [0.25, 0.3) is 11.1 Å². The Morgan fingerprint density at radius 2 is 1.71 bits per heavy atom. The van der Waals surface area contributed by atoms with Crippen LogP contribution in [0, 0.1) is 0 Å². The number of fused-ring (bicyclic) bond motifs is 2. The van der Waals surface area contributed by atoms with Gasteiger partial charge in [0.2, 0.25) is 0 Å². The molecule has 0 saturated carbocycles. The molecule has 0 spiro atoms. The highest BCUT2D eigenvalue weighted by Gasteiger charge is 2.33. The molecule has 0 saturated heterocycles. The molecule has 206 valence electrons. The average Bonchev–Trinajstić information content (AvgIpc) is 3.39. The number of esters is 1. The van der Waals surface area contributed by atoms with Crippen LogP contribution in [-0.2, 0) is 9.53 Å². The number of benzene rings is 3. The third-order valence-electron chi connectivity index (χ3n) is 7.67. The van der Waals surface area contributed by atoms with E-state index in [9.17, 15) is 14.4 Å². The van der Waals surface area contributed by atoms with Crippen molar-refractivity contribution >= 4 is 23.3 Å². The molecule has 3 aliphatic rings. The maximum absolute atomic E-state index is 13.7. The Morgan fingerprint density at radius 1 is 0.951 bits per heavy atom. The number of carbonyl (C=O) groups is 3. The van der Waals surface area contributed by atoms with E-state index in [0.29, 0.717) is 36.1 Å². The lowest BCUT2D eigenvalue weighted by Crippen LogP contribution is -2.37. The third-order valence-corrected chi connectivity index (χ3v) is 7.67. The number of anilines is 1. The van der Waals surface area contributed by atoms with Gasteiger partial charge in [0, 0.05) is 53.8 Å². The van der Waals surface area contributed by atoms with Crippen LogP contribution in [0.15, 0.2) is 114 Å². The Hall–Kier alpha value is -4.91. The van der Waals surface area contributed by atoms with Gasteiger partial charge in [-0.15, -0.1) is 0 Å². The van der Waals surface area contributed by atoms with Crippen LogP contribution in [0.4, 0.5) is 5.69 Å². The second-order valence-corrected chi connectivity index (χ2v) is 10.4. The Morgan fingerprint density at radius 3 is 2.49 bits per heavy atom. The fourth-order valence-electron chi connectivity index (χ4n) is 5.73. The largest absolute Gasteiger partial charge is 0.462 e. The fourth-order valence-corrected chi connectivity index (χ4v) is 5.73. The number of nitrogens with zero attached hydrogens (tertiary/aromatic N) is 1. The summed E-state index contributed by atoms with van der Waals surface area (Å²) >= 11 is 0. The molecule has 41 heavy (non-hydrogen) atoms. The van der Waals surface area contributed by atoms with Crippen LogP contribution in [0.1, 0.15) is 46.9 Å². The van der Waals surface area contributed by atoms with E-state index in [1.807, 2.05) is 66.7 Å². The molecule has 0 fully saturated rings. The van der Waals surface area contributed by atoms with Crippen molar-refractivity contribution in [2.45, 2.75) is 38.3 Å². The zero-order chi connectivity index (χ0) is 28.3. The van der Waals surface area contributed by atoms with Crippen molar-refractivity contribution in [3.05, 3.63) is 125 Å². The molecule has 0 bridgehead atoms. The first-order valence-corrected chi connectivity index (χ1v) is 13.9. The van der Waals surface area contributed by atoms with Gasteiger partial charge in [-0.3, -0.25) is 14.4 Å². The first-order valence-electron chi connectivity index (χ1n) is 13.9. The zero-order valence-corrected chi connectivity index (χ0v) is 22.8. The summed E-state index contributed by atoms with van der Waals surface area (Å²) in [6.45, 7) is 2.16. The predicted molar refractivity (Wildman–Crippen MR) is 158 cm³/mol. The zero-order valence-electron chi connectivity index (χ0n) is 22.8. The van der Waals surface area contributed by atoms with E-state index in [-0.39, 0.29) is 23.8 Å². The lowest BCUT2D eigenvalue weighted by molar-refractivity contribution is -0.146. The molecule has 7 nitrogen and oxygen atoms in total. The number of allylic oxidation sites excluding steroid dienone is 2. The summed E-state index contributed by atoms with van der Waals surface area (Å²) < 4.78 is 5.50. The number of amides is 1. The number of rotatable bonds is 6. The highest BCUT2D eigenvalue weighted by atomic mass is 16.5. The summed E-state index contributed by atoms with van der Waals surface area (Å²) in [4.78, 5) is 40.6. The van der Waals surface area contributed by atoms with Crippen LogP contribution in [0.5, 0.6) is 0 Å². The van der Waals surface area contributed by atoms with E-state index >= 15 is 0 Å². The Kier molecular flexibility index (Phi) is 7.25. The number of Topliss-reactive ketones (excluding diaryl/α,β-unsaturated/α-hetero) is 1. The van der Waals surface area contributed by atoms with E-state index in [4.69, 9.17) is 4.74 Å². The van der Waals surface area contributed by atoms with Crippen molar-refractivity contribution < 1.29 is 19.1 Å². The predicted octanol–water partition coefficient (Wildman–Crippen LogP) is 5.84. The van der Waals surface area contributed by atoms with Gasteiger partial charge in [0.15, 0.2) is 5.78 Å². The lowest BCUT2D eigenvalue weighted by Gasteiger charge is -2.32. The Bertz CT molecular complexity index is 1590. The molecule has 6 rings (SSSR count). The smallest absolute Gasteiger partial charge is 0.302 e. The molecular weight excluding hydrogens is 514 g/mol. The molecule has 3 aromatic rings. The van der Waals surface area contributed by atoms with Crippen LogP contribution >= 0.6 is 0 Å². The van der Waals surface area contributed by atoms with Crippen molar-refractivity contribution in [3.63, 3.8) is 0 Å². The second-order valence-electron chi connectivity index (χ2n) is 10.4. The monoisotopic (exact) mass is 545 g/mol. The van der Waals surface area contributed by atoms with Crippen molar-refractivity contribution in [3.8, 4) is 11.1 Å². The van der Waals surface area contributed by atoms with Gasteiger partial charge < -0.3 is 20.3 Å².